The van der Waals surface area contributed by atoms with Gasteiger partial charge in [0.15, 0.2) is 0 Å². The maximum absolute atomic E-state index is 12.8. The molecule has 4 aliphatic rings. The van der Waals surface area contributed by atoms with Gasteiger partial charge in [-0.2, -0.15) is 0 Å². The minimum Gasteiger partial charge on any atom is -0.336 e. The van der Waals surface area contributed by atoms with Crippen LogP contribution in [-0.2, 0) is 14.8 Å². The molecule has 0 spiro atoms. The van der Waals surface area contributed by atoms with Crippen LogP contribution < -0.4 is 0 Å². The van der Waals surface area contributed by atoms with E-state index in [9.17, 15) is 13.2 Å². The van der Waals surface area contributed by atoms with Crippen molar-refractivity contribution < 1.29 is 13.2 Å². The lowest BCUT2D eigenvalue weighted by molar-refractivity contribution is -0.141. The minimum absolute atomic E-state index is 0.293. The Morgan fingerprint density at radius 1 is 1.00 bits per heavy atom. The van der Waals surface area contributed by atoms with Crippen LogP contribution in [0, 0.1) is 11.8 Å². The van der Waals surface area contributed by atoms with Crippen LogP contribution in [0.3, 0.4) is 0 Å². The van der Waals surface area contributed by atoms with Crippen molar-refractivity contribution in [2.45, 2.75) is 69.9 Å². The molecule has 5 nitrogen and oxygen atoms in total. The standard InChI is InChI=1S/C17H28N2O3S/c20-17-8-5-14-11-18(10-9-16(14)19(17)15-6-7-15)23(21,22)12-13-3-1-2-4-13/h13-16H,1-12H2/t14-,16-/m1/s1. The van der Waals surface area contributed by atoms with E-state index in [0.717, 1.165) is 38.5 Å². The third-order valence-electron chi connectivity index (χ3n) is 6.29. The molecule has 2 aliphatic carbocycles. The third-order valence-corrected chi connectivity index (χ3v) is 8.30. The van der Waals surface area contributed by atoms with Crippen LogP contribution >= 0.6 is 0 Å². The summed E-state index contributed by atoms with van der Waals surface area (Å²) in [6, 6.07) is 0.749. The number of likely N-dealkylation sites (tertiary alicyclic amines) is 1. The summed E-state index contributed by atoms with van der Waals surface area (Å²) < 4.78 is 27.3. The van der Waals surface area contributed by atoms with E-state index >= 15 is 0 Å². The molecule has 2 saturated heterocycles. The van der Waals surface area contributed by atoms with E-state index in [1.165, 1.54) is 12.8 Å². The molecule has 2 saturated carbocycles. The average molecular weight is 340 g/mol. The largest absolute Gasteiger partial charge is 0.336 e. The molecule has 0 aromatic heterocycles. The van der Waals surface area contributed by atoms with Crippen molar-refractivity contribution in [1.82, 2.24) is 9.21 Å². The molecule has 2 atom stereocenters. The number of piperidine rings is 2. The molecule has 0 N–H and O–H groups in total. The van der Waals surface area contributed by atoms with Gasteiger partial charge >= 0.3 is 0 Å². The molecule has 6 heteroatoms. The molecule has 4 rings (SSSR count). The molecule has 2 heterocycles. The van der Waals surface area contributed by atoms with E-state index in [4.69, 9.17) is 0 Å². The van der Waals surface area contributed by atoms with Gasteiger partial charge in [0.25, 0.3) is 0 Å². The quantitative estimate of drug-likeness (QED) is 0.786. The van der Waals surface area contributed by atoms with Crippen molar-refractivity contribution in [3.8, 4) is 0 Å². The van der Waals surface area contributed by atoms with Gasteiger partial charge in [-0.05, 0) is 50.4 Å². The van der Waals surface area contributed by atoms with Gasteiger partial charge in [-0.3, -0.25) is 4.79 Å². The molecule has 0 aromatic rings. The first-order valence-corrected chi connectivity index (χ1v) is 10.9. The van der Waals surface area contributed by atoms with Gasteiger partial charge in [-0.1, -0.05) is 12.8 Å². The summed E-state index contributed by atoms with van der Waals surface area (Å²) in [5.41, 5.74) is 0. The van der Waals surface area contributed by atoms with Crippen LogP contribution in [0.15, 0.2) is 0 Å². The Kier molecular flexibility index (Phi) is 4.16. The zero-order valence-electron chi connectivity index (χ0n) is 13.8. The smallest absolute Gasteiger partial charge is 0.223 e. The fourth-order valence-electron chi connectivity index (χ4n) is 4.92. The first-order valence-electron chi connectivity index (χ1n) is 9.33. The molecular weight excluding hydrogens is 312 g/mol. The average Bonchev–Trinajstić information content (AvgIpc) is 3.23. The summed E-state index contributed by atoms with van der Waals surface area (Å²) in [5.74, 6) is 1.36. The van der Waals surface area contributed by atoms with E-state index in [1.54, 1.807) is 4.31 Å². The SMILES string of the molecule is O=C1CC[C@@H]2CN(S(=O)(=O)CC3CCCC3)CC[C@H]2N1C1CC1. The lowest BCUT2D eigenvalue weighted by Gasteiger charge is -2.47. The second-order valence-corrected chi connectivity index (χ2v) is 9.99. The number of nitrogens with zero attached hydrogens (tertiary/aromatic N) is 2. The Labute approximate surface area is 139 Å². The van der Waals surface area contributed by atoms with Gasteiger partial charge in [-0.15, -0.1) is 0 Å². The van der Waals surface area contributed by atoms with Crippen LogP contribution in [0.2, 0.25) is 0 Å². The van der Waals surface area contributed by atoms with Crippen LogP contribution in [0.1, 0.15) is 57.8 Å². The normalized spacial score (nSPS) is 33.9. The number of fused-ring (bicyclic) bond motifs is 1. The van der Waals surface area contributed by atoms with E-state index in [-0.39, 0.29) is 0 Å². The highest BCUT2D eigenvalue weighted by molar-refractivity contribution is 7.89. The predicted octanol–water partition coefficient (Wildman–Crippen LogP) is 1.98. The number of sulfonamides is 1. The molecule has 130 valence electrons. The van der Waals surface area contributed by atoms with Gasteiger partial charge < -0.3 is 4.90 Å². The zero-order valence-corrected chi connectivity index (χ0v) is 14.6. The summed E-state index contributed by atoms with van der Waals surface area (Å²) >= 11 is 0. The van der Waals surface area contributed by atoms with Crippen molar-refractivity contribution in [3.63, 3.8) is 0 Å². The first kappa shape index (κ1) is 15.9. The second-order valence-electron chi connectivity index (χ2n) is 7.97. The summed E-state index contributed by atoms with van der Waals surface area (Å²) in [6.07, 6.45) is 9.09. The molecule has 0 bridgehead atoms. The topological polar surface area (TPSA) is 57.7 Å². The van der Waals surface area contributed by atoms with E-state index in [2.05, 4.69) is 4.90 Å². The molecule has 1 amide bonds. The number of amides is 1. The summed E-state index contributed by atoms with van der Waals surface area (Å²) in [5, 5.41) is 0. The van der Waals surface area contributed by atoms with Gasteiger partial charge in [0, 0.05) is 31.6 Å². The fourth-order valence-corrected chi connectivity index (χ4v) is 6.86. The van der Waals surface area contributed by atoms with Gasteiger partial charge in [0.1, 0.15) is 0 Å². The third kappa shape index (κ3) is 3.16. The molecule has 4 fully saturated rings. The van der Waals surface area contributed by atoms with Gasteiger partial charge in [0.2, 0.25) is 15.9 Å². The molecule has 0 unspecified atom stereocenters. The Morgan fingerprint density at radius 2 is 1.74 bits per heavy atom. The summed E-state index contributed by atoms with van der Waals surface area (Å²) in [7, 11) is -3.12. The first-order chi connectivity index (χ1) is 11.0. The van der Waals surface area contributed by atoms with Crippen molar-refractivity contribution in [3.05, 3.63) is 0 Å². The van der Waals surface area contributed by atoms with Crippen molar-refractivity contribution in [1.29, 1.82) is 0 Å². The van der Waals surface area contributed by atoms with Gasteiger partial charge in [0.05, 0.1) is 5.75 Å². The highest BCUT2D eigenvalue weighted by atomic mass is 32.2. The Bertz CT molecular complexity index is 566. The predicted molar refractivity (Wildman–Crippen MR) is 88.3 cm³/mol. The molecule has 0 radical (unpaired) electrons. The molecular formula is C17H28N2O3S. The highest BCUT2D eigenvalue weighted by Gasteiger charge is 2.46. The minimum atomic E-state index is -3.12. The summed E-state index contributed by atoms with van der Waals surface area (Å²) in [6.45, 7) is 1.24. The van der Waals surface area contributed by atoms with Crippen LogP contribution in [-0.4, -0.2) is 54.5 Å². The van der Waals surface area contributed by atoms with Crippen molar-refractivity contribution in [2.24, 2.45) is 11.8 Å². The molecule has 2 aliphatic heterocycles. The van der Waals surface area contributed by atoms with E-state index in [0.29, 0.717) is 55.1 Å². The second kappa shape index (κ2) is 6.03. The van der Waals surface area contributed by atoms with Crippen molar-refractivity contribution in [2.75, 3.05) is 18.8 Å². The molecule has 23 heavy (non-hydrogen) atoms. The zero-order chi connectivity index (χ0) is 16.0. The monoisotopic (exact) mass is 340 g/mol. The van der Waals surface area contributed by atoms with Crippen LogP contribution in [0.5, 0.6) is 0 Å². The Balaban J connectivity index is 1.43. The maximum atomic E-state index is 12.8. The summed E-state index contributed by atoms with van der Waals surface area (Å²) in [4.78, 5) is 14.4. The fraction of sp³-hybridized carbons (Fsp3) is 0.941. The van der Waals surface area contributed by atoms with E-state index < -0.39 is 10.0 Å². The molecule has 0 aromatic carbocycles. The number of carbonyl (C=O) groups is 1. The lowest BCUT2D eigenvalue weighted by atomic mass is 9.84. The number of rotatable bonds is 4. The van der Waals surface area contributed by atoms with E-state index in [1.807, 2.05) is 0 Å². The van der Waals surface area contributed by atoms with Crippen molar-refractivity contribution >= 4 is 15.9 Å². The van der Waals surface area contributed by atoms with Gasteiger partial charge in [-0.25, -0.2) is 12.7 Å². The van der Waals surface area contributed by atoms with Crippen LogP contribution in [0.4, 0.5) is 0 Å². The Hall–Kier alpha value is -0.620. The Morgan fingerprint density at radius 3 is 2.43 bits per heavy atom. The number of carbonyl (C=O) groups excluding carboxylic acids is 1. The maximum Gasteiger partial charge on any atom is 0.223 e. The number of hydrogen-bond donors (Lipinski definition) is 0. The lowest BCUT2D eigenvalue weighted by Crippen LogP contribution is -2.57. The van der Waals surface area contributed by atoms with Crippen LogP contribution in [0.25, 0.3) is 0 Å². The highest BCUT2D eigenvalue weighted by Crippen LogP contribution is 2.39. The number of hydrogen-bond acceptors (Lipinski definition) is 3.